The van der Waals surface area contributed by atoms with Crippen molar-refractivity contribution in [2.75, 3.05) is 6.54 Å². The van der Waals surface area contributed by atoms with E-state index in [0.29, 0.717) is 5.11 Å². The van der Waals surface area contributed by atoms with Crippen LogP contribution in [0.5, 0.6) is 0 Å². The lowest BCUT2D eigenvalue weighted by Crippen LogP contribution is -2.42. The average molecular weight is 256 g/mol. The van der Waals surface area contributed by atoms with Gasteiger partial charge in [-0.2, -0.15) is 0 Å². The maximum absolute atomic E-state index is 6.98. The molecular formula is C12H24N4S. The smallest absolute Gasteiger partial charge is 0.192 e. The Morgan fingerprint density at radius 3 is 2.35 bits per heavy atom. The quantitative estimate of drug-likeness (QED) is 0.168. The Balaban J connectivity index is 3.15. The third kappa shape index (κ3) is 12.8. The summed E-state index contributed by atoms with van der Waals surface area (Å²) in [7, 11) is 0. The molecule has 0 aromatic carbocycles. The molecule has 0 atom stereocenters. The normalized spacial score (nSPS) is 9.65. The van der Waals surface area contributed by atoms with Crippen molar-refractivity contribution >= 4 is 23.3 Å². The summed E-state index contributed by atoms with van der Waals surface area (Å²) < 4.78 is 0. The maximum Gasteiger partial charge on any atom is 0.192 e. The van der Waals surface area contributed by atoms with Gasteiger partial charge < -0.3 is 16.4 Å². The lowest BCUT2D eigenvalue weighted by molar-refractivity contribution is 0.592. The minimum atomic E-state index is -0.121. The number of rotatable bonds is 9. The zero-order chi connectivity index (χ0) is 12.9. The first-order valence-electron chi connectivity index (χ1n) is 6.16. The molecular weight excluding hydrogens is 232 g/mol. The molecule has 0 unspecified atom stereocenters. The zero-order valence-electron chi connectivity index (χ0n) is 10.4. The topological polar surface area (TPSA) is 73.9 Å². The van der Waals surface area contributed by atoms with Crippen molar-refractivity contribution in [2.45, 2.75) is 44.9 Å². The van der Waals surface area contributed by atoms with Crippen molar-refractivity contribution in [3.05, 3.63) is 12.7 Å². The van der Waals surface area contributed by atoms with E-state index in [9.17, 15) is 0 Å². The van der Waals surface area contributed by atoms with Crippen LogP contribution in [-0.4, -0.2) is 17.6 Å². The number of allylic oxidation sites excluding steroid dienone is 1. The second-order valence-corrected chi connectivity index (χ2v) is 4.40. The third-order valence-corrected chi connectivity index (χ3v) is 2.62. The van der Waals surface area contributed by atoms with Crippen LogP contribution < -0.4 is 16.4 Å². The number of unbranched alkanes of at least 4 members (excludes halogenated alkanes) is 6. The molecule has 0 rings (SSSR count). The largest absolute Gasteiger partial charge is 0.370 e. The first kappa shape index (κ1) is 15.9. The van der Waals surface area contributed by atoms with E-state index < -0.39 is 0 Å². The van der Waals surface area contributed by atoms with Gasteiger partial charge in [0.1, 0.15) is 0 Å². The van der Waals surface area contributed by atoms with Crippen LogP contribution in [0.2, 0.25) is 0 Å². The number of hydrogen-bond acceptors (Lipinski definition) is 2. The highest BCUT2D eigenvalue weighted by Gasteiger charge is 1.95. The Morgan fingerprint density at radius 1 is 1.18 bits per heavy atom. The molecule has 5 heteroatoms. The molecule has 0 aromatic rings. The summed E-state index contributed by atoms with van der Waals surface area (Å²) in [6.07, 6.45) is 10.5. The molecule has 4 nitrogen and oxygen atoms in total. The molecule has 0 saturated carbocycles. The number of nitrogens with one attached hydrogen (secondary N) is 3. The van der Waals surface area contributed by atoms with Crippen LogP contribution in [-0.2, 0) is 0 Å². The Bertz CT molecular complexity index is 241. The first-order valence-corrected chi connectivity index (χ1v) is 6.57. The summed E-state index contributed by atoms with van der Waals surface area (Å²) in [5.74, 6) is -0.121. The molecule has 0 spiro atoms. The van der Waals surface area contributed by atoms with Crippen LogP contribution in [0, 0.1) is 5.41 Å². The van der Waals surface area contributed by atoms with Crippen molar-refractivity contribution in [3.63, 3.8) is 0 Å². The van der Waals surface area contributed by atoms with Crippen LogP contribution in [0.25, 0.3) is 0 Å². The molecule has 0 aliphatic rings. The third-order valence-electron chi connectivity index (χ3n) is 2.37. The van der Waals surface area contributed by atoms with Crippen LogP contribution in [0.15, 0.2) is 12.7 Å². The number of guanidine groups is 1. The van der Waals surface area contributed by atoms with E-state index in [1.165, 1.54) is 32.1 Å². The second-order valence-electron chi connectivity index (χ2n) is 3.99. The predicted octanol–water partition coefficient (Wildman–Crippen LogP) is 2.26. The van der Waals surface area contributed by atoms with Gasteiger partial charge in [-0.25, -0.2) is 0 Å². The van der Waals surface area contributed by atoms with E-state index in [-0.39, 0.29) is 5.96 Å². The van der Waals surface area contributed by atoms with Crippen LogP contribution in [0.4, 0.5) is 0 Å². The predicted molar refractivity (Wildman–Crippen MR) is 78.2 cm³/mol. The fraction of sp³-hybridized carbons (Fsp3) is 0.667. The summed E-state index contributed by atoms with van der Waals surface area (Å²) in [5, 5.41) is 13.0. The van der Waals surface area contributed by atoms with Gasteiger partial charge in [-0.1, -0.05) is 31.8 Å². The summed E-state index contributed by atoms with van der Waals surface area (Å²) >= 11 is 4.93. The van der Waals surface area contributed by atoms with E-state index in [4.69, 9.17) is 23.4 Å². The van der Waals surface area contributed by atoms with Gasteiger partial charge in [0.15, 0.2) is 11.1 Å². The first-order chi connectivity index (χ1) is 8.16. The van der Waals surface area contributed by atoms with Crippen molar-refractivity contribution in [2.24, 2.45) is 5.73 Å². The summed E-state index contributed by atoms with van der Waals surface area (Å²) in [6.45, 7) is 4.54. The monoisotopic (exact) mass is 256 g/mol. The van der Waals surface area contributed by atoms with Crippen molar-refractivity contribution in [1.82, 2.24) is 10.6 Å². The molecule has 0 radical (unpaired) electrons. The highest BCUT2D eigenvalue weighted by atomic mass is 32.1. The van der Waals surface area contributed by atoms with Crippen LogP contribution in [0.3, 0.4) is 0 Å². The number of hydrogen-bond donors (Lipinski definition) is 4. The highest BCUT2D eigenvalue weighted by molar-refractivity contribution is 7.80. The summed E-state index contributed by atoms with van der Waals surface area (Å²) in [4.78, 5) is 0. The highest BCUT2D eigenvalue weighted by Crippen LogP contribution is 2.06. The second kappa shape index (κ2) is 11.4. The Labute approximate surface area is 110 Å². The van der Waals surface area contributed by atoms with Gasteiger partial charge in [-0.05, 0) is 31.5 Å². The fourth-order valence-corrected chi connectivity index (χ4v) is 1.70. The van der Waals surface area contributed by atoms with E-state index in [2.05, 4.69) is 17.2 Å². The fourth-order valence-electron chi connectivity index (χ4n) is 1.49. The van der Waals surface area contributed by atoms with Gasteiger partial charge in [0.25, 0.3) is 0 Å². The Morgan fingerprint density at radius 2 is 1.76 bits per heavy atom. The molecule has 0 fully saturated rings. The minimum Gasteiger partial charge on any atom is -0.370 e. The molecule has 98 valence electrons. The van der Waals surface area contributed by atoms with Crippen molar-refractivity contribution in [3.8, 4) is 0 Å². The van der Waals surface area contributed by atoms with Crippen molar-refractivity contribution in [1.29, 1.82) is 5.41 Å². The molecule has 0 bridgehead atoms. The lowest BCUT2D eigenvalue weighted by Gasteiger charge is -2.08. The van der Waals surface area contributed by atoms with E-state index in [1.807, 2.05) is 6.08 Å². The molecule has 0 aromatic heterocycles. The molecule has 0 saturated heterocycles. The maximum atomic E-state index is 6.98. The lowest BCUT2D eigenvalue weighted by atomic mass is 10.1. The van der Waals surface area contributed by atoms with Gasteiger partial charge in [-0.15, -0.1) is 6.58 Å². The van der Waals surface area contributed by atoms with Gasteiger partial charge in [0, 0.05) is 6.54 Å². The molecule has 17 heavy (non-hydrogen) atoms. The van der Waals surface area contributed by atoms with E-state index in [0.717, 1.165) is 19.4 Å². The number of nitrogens with two attached hydrogens (primary N) is 1. The van der Waals surface area contributed by atoms with E-state index >= 15 is 0 Å². The van der Waals surface area contributed by atoms with Crippen LogP contribution in [0.1, 0.15) is 44.9 Å². The Kier molecular flexibility index (Phi) is 10.7. The van der Waals surface area contributed by atoms with Crippen molar-refractivity contribution < 1.29 is 0 Å². The van der Waals surface area contributed by atoms with Gasteiger partial charge in [0.05, 0.1) is 0 Å². The number of thiocarbonyl (C=S) groups is 1. The molecule has 0 aliphatic heterocycles. The SMILES string of the molecule is C=CCCCCCCCCNC(=S)NC(=N)N. The standard InChI is InChI=1S/C12H24N4S/c1-2-3-4-5-6-7-8-9-10-15-12(17)16-11(13)14/h2H,1,3-10H2,(H5,13,14,15,16,17). The molecule has 0 heterocycles. The van der Waals surface area contributed by atoms with Gasteiger partial charge in [0.2, 0.25) is 0 Å². The molecule has 5 N–H and O–H groups in total. The summed E-state index contributed by atoms with van der Waals surface area (Å²) in [6, 6.07) is 0. The van der Waals surface area contributed by atoms with Gasteiger partial charge in [-0.3, -0.25) is 5.41 Å². The van der Waals surface area contributed by atoms with Gasteiger partial charge >= 0.3 is 0 Å². The Hall–Kier alpha value is -1.10. The molecule has 0 amide bonds. The average Bonchev–Trinajstić information content (AvgIpc) is 2.26. The summed E-state index contributed by atoms with van der Waals surface area (Å²) in [5.41, 5.74) is 5.14. The minimum absolute atomic E-state index is 0.121. The molecule has 0 aliphatic carbocycles. The van der Waals surface area contributed by atoms with E-state index in [1.54, 1.807) is 0 Å². The van der Waals surface area contributed by atoms with Crippen LogP contribution >= 0.6 is 12.2 Å². The zero-order valence-corrected chi connectivity index (χ0v) is 11.2.